The van der Waals surface area contributed by atoms with Gasteiger partial charge in [0.25, 0.3) is 0 Å². The molecule has 7 rings (SSSR count). The zero-order chi connectivity index (χ0) is 26.0. The molecule has 0 amide bonds. The molecule has 0 saturated carbocycles. The number of anilines is 1. The average Bonchev–Trinajstić information content (AvgIpc) is 3.40. The largest absolute Gasteiger partial charge is 0.352 e. The normalized spacial score (nSPS) is 22.3. The Hall–Kier alpha value is -4.57. The number of carbonyl (C=O) groups excluding carboxylic acids is 3. The minimum absolute atomic E-state index is 0.0950. The van der Waals surface area contributed by atoms with Gasteiger partial charge in [0.05, 0.1) is 6.04 Å². The van der Waals surface area contributed by atoms with Crippen LogP contribution in [0, 0.1) is 12.3 Å². The molecule has 0 bridgehead atoms. The van der Waals surface area contributed by atoms with Gasteiger partial charge in [0.15, 0.2) is 17.3 Å². The number of fused-ring (bicyclic) bond motifs is 5. The van der Waals surface area contributed by atoms with Crippen molar-refractivity contribution in [1.29, 1.82) is 0 Å². The summed E-state index contributed by atoms with van der Waals surface area (Å²) in [5.41, 5.74) is 3.69. The van der Waals surface area contributed by atoms with E-state index in [0.717, 1.165) is 22.4 Å². The second kappa shape index (κ2) is 8.22. The minimum Gasteiger partial charge on any atom is -0.352 e. The van der Waals surface area contributed by atoms with Crippen molar-refractivity contribution in [1.82, 2.24) is 0 Å². The van der Waals surface area contributed by atoms with Crippen LogP contribution in [0.15, 0.2) is 109 Å². The Kier molecular flexibility index (Phi) is 4.89. The van der Waals surface area contributed by atoms with Crippen molar-refractivity contribution in [3.63, 3.8) is 0 Å². The van der Waals surface area contributed by atoms with E-state index in [1.165, 1.54) is 0 Å². The molecular weight excluding hydrogens is 470 g/mol. The molecule has 4 nitrogen and oxygen atoms in total. The first-order valence-electron chi connectivity index (χ1n) is 12.9. The van der Waals surface area contributed by atoms with Crippen LogP contribution in [-0.2, 0) is 0 Å². The van der Waals surface area contributed by atoms with Gasteiger partial charge in [-0.05, 0) is 24.1 Å². The van der Waals surface area contributed by atoms with Crippen LogP contribution in [0.1, 0.15) is 53.7 Å². The van der Waals surface area contributed by atoms with Crippen molar-refractivity contribution in [2.45, 2.75) is 24.9 Å². The van der Waals surface area contributed by atoms with E-state index in [0.29, 0.717) is 16.7 Å². The summed E-state index contributed by atoms with van der Waals surface area (Å²) < 4.78 is 0. The highest BCUT2D eigenvalue weighted by molar-refractivity contribution is 6.32. The van der Waals surface area contributed by atoms with Crippen LogP contribution in [0.4, 0.5) is 5.69 Å². The predicted octanol–water partition coefficient (Wildman–Crippen LogP) is 6.31. The van der Waals surface area contributed by atoms with Gasteiger partial charge in [0.2, 0.25) is 0 Å². The monoisotopic (exact) mass is 495 g/mol. The van der Waals surface area contributed by atoms with Crippen molar-refractivity contribution in [3.8, 4) is 0 Å². The van der Waals surface area contributed by atoms with Crippen molar-refractivity contribution < 1.29 is 14.4 Å². The summed E-state index contributed by atoms with van der Waals surface area (Å²) in [5.74, 6) is -1.18. The number of Topliss-reactive ketones (excluding diaryl/α,β-unsaturated/α-hetero) is 3. The van der Waals surface area contributed by atoms with Crippen molar-refractivity contribution in [2.24, 2.45) is 5.41 Å². The lowest BCUT2D eigenvalue weighted by Crippen LogP contribution is -2.48. The molecule has 0 N–H and O–H groups in total. The van der Waals surface area contributed by atoms with Gasteiger partial charge in [-0.1, -0.05) is 115 Å². The second-order valence-corrected chi connectivity index (χ2v) is 10.4. The molecule has 2 heterocycles. The molecule has 3 aliphatic rings. The van der Waals surface area contributed by atoms with Gasteiger partial charge >= 0.3 is 0 Å². The van der Waals surface area contributed by atoms with Crippen LogP contribution in [-0.4, -0.2) is 29.4 Å². The molecule has 4 aromatic rings. The maximum Gasteiger partial charge on any atom is 0.185 e. The Morgan fingerprint density at radius 2 is 1.34 bits per heavy atom. The minimum atomic E-state index is -1.46. The molecule has 1 fully saturated rings. The molecule has 0 aromatic heterocycles. The van der Waals surface area contributed by atoms with Crippen LogP contribution >= 0.6 is 0 Å². The molecule has 1 saturated heterocycles. The predicted molar refractivity (Wildman–Crippen MR) is 148 cm³/mol. The number of ketones is 3. The third-order valence-electron chi connectivity index (χ3n) is 8.48. The summed E-state index contributed by atoms with van der Waals surface area (Å²) in [5, 5.41) is 0. The highest BCUT2D eigenvalue weighted by atomic mass is 16.2. The fourth-order valence-corrected chi connectivity index (χ4v) is 6.84. The lowest BCUT2D eigenvalue weighted by Gasteiger charge is -2.37. The molecular formula is C34H25NO3. The molecule has 0 unspecified atom stereocenters. The van der Waals surface area contributed by atoms with E-state index in [1.807, 2.05) is 97.9 Å². The van der Waals surface area contributed by atoms with E-state index in [2.05, 4.69) is 4.90 Å². The molecule has 0 radical (unpaired) electrons. The van der Waals surface area contributed by atoms with Crippen LogP contribution in [0.5, 0.6) is 0 Å². The zero-order valence-corrected chi connectivity index (χ0v) is 20.9. The average molecular weight is 496 g/mol. The molecule has 38 heavy (non-hydrogen) atoms. The highest BCUT2D eigenvalue weighted by Gasteiger charge is 2.71. The van der Waals surface area contributed by atoms with Gasteiger partial charge in [-0.15, -0.1) is 0 Å². The van der Waals surface area contributed by atoms with E-state index >= 15 is 0 Å². The third kappa shape index (κ3) is 2.89. The van der Waals surface area contributed by atoms with Gasteiger partial charge in [-0.2, -0.15) is 0 Å². The summed E-state index contributed by atoms with van der Waals surface area (Å²) in [6.45, 7) is 1.99. The molecule has 3 atom stereocenters. The molecule has 2 aliphatic heterocycles. The van der Waals surface area contributed by atoms with E-state index in [-0.39, 0.29) is 17.3 Å². The second-order valence-electron chi connectivity index (χ2n) is 10.4. The Morgan fingerprint density at radius 1 is 0.737 bits per heavy atom. The number of nitrogens with zero attached hydrogens (tertiary/aromatic N) is 1. The lowest BCUT2D eigenvalue weighted by atomic mass is 9.64. The quantitative estimate of drug-likeness (QED) is 0.247. The Balaban J connectivity index is 1.54. The number of benzene rings is 4. The molecule has 184 valence electrons. The van der Waals surface area contributed by atoms with E-state index in [1.54, 1.807) is 24.3 Å². The summed E-state index contributed by atoms with van der Waals surface area (Å²) in [6.07, 6.45) is 3.95. The Labute approximate surface area is 221 Å². The molecule has 1 spiro atoms. The molecule has 1 aliphatic carbocycles. The fourth-order valence-electron chi connectivity index (χ4n) is 6.84. The van der Waals surface area contributed by atoms with Gasteiger partial charge in [-0.25, -0.2) is 0 Å². The van der Waals surface area contributed by atoms with Crippen LogP contribution in [0.25, 0.3) is 6.08 Å². The summed E-state index contributed by atoms with van der Waals surface area (Å²) in [6, 6.07) is 30.8. The van der Waals surface area contributed by atoms with Crippen LogP contribution < -0.4 is 4.90 Å². The van der Waals surface area contributed by atoms with E-state index in [4.69, 9.17) is 0 Å². The maximum atomic E-state index is 14.5. The first-order chi connectivity index (χ1) is 18.5. The van der Waals surface area contributed by atoms with Gasteiger partial charge in [-0.3, -0.25) is 14.4 Å². The summed E-state index contributed by atoms with van der Waals surface area (Å²) in [4.78, 5) is 45.7. The van der Waals surface area contributed by atoms with Crippen LogP contribution in [0.3, 0.4) is 0 Å². The fraction of sp³-hybridized carbons (Fsp3) is 0.147. The number of aryl methyl sites for hydroxylation is 1. The summed E-state index contributed by atoms with van der Waals surface area (Å²) >= 11 is 0. The van der Waals surface area contributed by atoms with Gasteiger partial charge < -0.3 is 4.90 Å². The third-order valence-corrected chi connectivity index (χ3v) is 8.48. The standard InChI is InChI=1S/C34H25NO3/c1-21-15-17-24(18-16-21)31(36)30-29(23-10-3-2-4-11-23)34(32(37)25-12-6-7-13-26(25)33(34)38)28-20-19-22-9-5-8-14-27(22)35(28)30/h2-20,28-30H,1H3/t28-,29+,30-/m1/s1. The first-order valence-corrected chi connectivity index (χ1v) is 12.9. The van der Waals surface area contributed by atoms with Gasteiger partial charge in [0.1, 0.15) is 11.5 Å². The van der Waals surface area contributed by atoms with E-state index in [9.17, 15) is 14.4 Å². The number of para-hydroxylation sites is 1. The Morgan fingerprint density at radius 3 is 2.03 bits per heavy atom. The number of hydrogen-bond acceptors (Lipinski definition) is 4. The zero-order valence-electron chi connectivity index (χ0n) is 20.9. The molecule has 4 heteroatoms. The van der Waals surface area contributed by atoms with Crippen molar-refractivity contribution >= 4 is 29.1 Å². The number of rotatable bonds is 3. The maximum absolute atomic E-state index is 14.5. The summed E-state index contributed by atoms with van der Waals surface area (Å²) in [7, 11) is 0. The lowest BCUT2D eigenvalue weighted by molar-refractivity contribution is 0.0666. The Bertz CT molecular complexity index is 1620. The topological polar surface area (TPSA) is 54.5 Å². The van der Waals surface area contributed by atoms with Crippen molar-refractivity contribution in [3.05, 3.63) is 143 Å². The SMILES string of the molecule is Cc1ccc(C(=O)[C@H]2[C@H](c3ccccc3)C3(C(=O)c4ccccc4C3=O)[C@H]3C=Cc4ccccc4N23)cc1. The smallest absolute Gasteiger partial charge is 0.185 e. The van der Waals surface area contributed by atoms with E-state index < -0.39 is 23.4 Å². The van der Waals surface area contributed by atoms with Crippen molar-refractivity contribution in [2.75, 3.05) is 4.90 Å². The molecule has 4 aromatic carbocycles. The number of hydrogen-bond donors (Lipinski definition) is 0. The first kappa shape index (κ1) is 22.6. The van der Waals surface area contributed by atoms with Gasteiger partial charge in [0, 0.05) is 28.3 Å². The number of carbonyl (C=O) groups is 3. The highest BCUT2D eigenvalue weighted by Crippen LogP contribution is 2.60. The van der Waals surface area contributed by atoms with Crippen LogP contribution in [0.2, 0.25) is 0 Å².